The van der Waals surface area contributed by atoms with Crippen LogP contribution in [0, 0.1) is 0 Å². The number of rotatable bonds is 7. The number of alkyl carbamates (subject to hydrolysis) is 1. The molecule has 1 aliphatic heterocycles. The summed E-state index contributed by atoms with van der Waals surface area (Å²) in [5.74, 6) is -1.37. The molecule has 35 heavy (non-hydrogen) atoms. The molecule has 2 N–H and O–H groups in total. The van der Waals surface area contributed by atoms with Gasteiger partial charge in [0.05, 0.1) is 12.5 Å². The maximum absolute atomic E-state index is 13.3. The van der Waals surface area contributed by atoms with Crippen molar-refractivity contribution in [3.05, 3.63) is 59.7 Å². The van der Waals surface area contributed by atoms with Crippen LogP contribution in [0.4, 0.5) is 4.79 Å². The van der Waals surface area contributed by atoms with Crippen LogP contribution in [-0.2, 0) is 19.1 Å². The van der Waals surface area contributed by atoms with Crippen molar-refractivity contribution >= 4 is 18.0 Å². The number of hydrogen-bond donors (Lipinski definition) is 2. The summed E-state index contributed by atoms with van der Waals surface area (Å²) >= 11 is 0. The Morgan fingerprint density at radius 3 is 2.23 bits per heavy atom. The number of carboxylic acid groups (broad SMARTS) is 1. The van der Waals surface area contributed by atoms with E-state index in [4.69, 9.17) is 14.6 Å². The summed E-state index contributed by atoms with van der Waals surface area (Å²) in [7, 11) is 0. The smallest absolute Gasteiger partial charge is 0.407 e. The maximum atomic E-state index is 13.3. The van der Waals surface area contributed by atoms with Crippen LogP contribution in [0.2, 0.25) is 0 Å². The lowest BCUT2D eigenvalue weighted by Crippen LogP contribution is -2.55. The molecular weight excluding hydrogens is 448 g/mol. The van der Waals surface area contributed by atoms with Gasteiger partial charge in [-0.15, -0.1) is 0 Å². The van der Waals surface area contributed by atoms with Gasteiger partial charge in [0, 0.05) is 24.6 Å². The lowest BCUT2D eigenvalue weighted by Gasteiger charge is -2.37. The van der Waals surface area contributed by atoms with Crippen molar-refractivity contribution in [2.45, 2.75) is 57.2 Å². The second-order valence-corrected chi connectivity index (χ2v) is 9.96. The van der Waals surface area contributed by atoms with Crippen LogP contribution in [0.15, 0.2) is 48.5 Å². The number of carboxylic acids is 1. The van der Waals surface area contributed by atoms with Gasteiger partial charge in [-0.1, -0.05) is 48.5 Å². The van der Waals surface area contributed by atoms with E-state index >= 15 is 0 Å². The maximum Gasteiger partial charge on any atom is 0.407 e. The third-order valence-corrected chi connectivity index (χ3v) is 6.61. The van der Waals surface area contributed by atoms with Gasteiger partial charge in [-0.05, 0) is 49.4 Å². The largest absolute Gasteiger partial charge is 0.481 e. The number of ether oxygens (including phenoxy) is 2. The van der Waals surface area contributed by atoms with Crippen molar-refractivity contribution < 1.29 is 29.0 Å². The number of hydrogen-bond acceptors (Lipinski definition) is 5. The molecule has 2 aliphatic rings. The molecule has 0 saturated carbocycles. The Labute approximate surface area is 205 Å². The molecule has 0 aromatic heterocycles. The molecule has 8 heteroatoms. The molecule has 0 radical (unpaired) electrons. The normalized spacial score (nSPS) is 19.1. The molecule has 4 rings (SSSR count). The van der Waals surface area contributed by atoms with Crippen molar-refractivity contribution in [1.29, 1.82) is 0 Å². The van der Waals surface area contributed by atoms with Crippen LogP contribution < -0.4 is 5.32 Å². The lowest BCUT2D eigenvalue weighted by molar-refractivity contribution is -0.148. The van der Waals surface area contributed by atoms with E-state index in [1.807, 2.05) is 45.0 Å². The SMILES string of the molecule is CC(C)(C)N(CCC(=O)O)C(=O)C1OCCC1NC(=O)OCC1c2ccccc2-c2ccccc21. The Morgan fingerprint density at radius 2 is 1.66 bits per heavy atom. The molecule has 1 fully saturated rings. The van der Waals surface area contributed by atoms with Crippen molar-refractivity contribution in [3.63, 3.8) is 0 Å². The van der Waals surface area contributed by atoms with E-state index < -0.39 is 29.7 Å². The van der Waals surface area contributed by atoms with Gasteiger partial charge in [-0.3, -0.25) is 9.59 Å². The van der Waals surface area contributed by atoms with Crippen LogP contribution in [-0.4, -0.2) is 65.4 Å². The van der Waals surface area contributed by atoms with Crippen LogP contribution in [0.25, 0.3) is 11.1 Å². The van der Waals surface area contributed by atoms with Crippen molar-refractivity contribution in [2.24, 2.45) is 0 Å². The van der Waals surface area contributed by atoms with E-state index in [9.17, 15) is 14.4 Å². The Kier molecular flexibility index (Phi) is 7.12. The third-order valence-electron chi connectivity index (χ3n) is 6.61. The second-order valence-electron chi connectivity index (χ2n) is 9.96. The van der Waals surface area contributed by atoms with E-state index in [-0.39, 0.29) is 31.4 Å². The molecule has 8 nitrogen and oxygen atoms in total. The molecular formula is C27H32N2O6. The minimum absolute atomic E-state index is 0.0576. The highest BCUT2D eigenvalue weighted by Crippen LogP contribution is 2.44. The highest BCUT2D eigenvalue weighted by atomic mass is 16.6. The monoisotopic (exact) mass is 480 g/mol. The first-order valence-electron chi connectivity index (χ1n) is 11.9. The van der Waals surface area contributed by atoms with E-state index in [1.165, 1.54) is 4.90 Å². The summed E-state index contributed by atoms with van der Waals surface area (Å²) in [6.07, 6.45) is -1.19. The Morgan fingerprint density at radius 1 is 1.06 bits per heavy atom. The minimum Gasteiger partial charge on any atom is -0.481 e. The van der Waals surface area contributed by atoms with Gasteiger partial charge in [-0.25, -0.2) is 4.79 Å². The molecule has 2 atom stereocenters. The topological polar surface area (TPSA) is 105 Å². The number of fused-ring (bicyclic) bond motifs is 3. The fraction of sp³-hybridized carbons (Fsp3) is 0.444. The summed E-state index contributed by atoms with van der Waals surface area (Å²) in [5, 5.41) is 11.9. The number of benzene rings is 2. The number of amides is 2. The Bertz CT molecular complexity index is 1060. The summed E-state index contributed by atoms with van der Waals surface area (Å²) < 4.78 is 11.3. The van der Waals surface area contributed by atoms with Gasteiger partial charge in [0.15, 0.2) is 6.10 Å². The van der Waals surface area contributed by atoms with E-state index in [2.05, 4.69) is 29.6 Å². The number of nitrogens with one attached hydrogen (secondary N) is 1. The second kappa shape index (κ2) is 10.1. The van der Waals surface area contributed by atoms with Gasteiger partial charge in [-0.2, -0.15) is 0 Å². The van der Waals surface area contributed by atoms with Gasteiger partial charge in [0.2, 0.25) is 0 Å². The first kappa shape index (κ1) is 24.7. The van der Waals surface area contributed by atoms with Crippen molar-refractivity contribution in [1.82, 2.24) is 10.2 Å². The lowest BCUT2D eigenvalue weighted by atomic mass is 9.98. The number of nitrogens with zero attached hydrogens (tertiary/aromatic N) is 1. The predicted octanol–water partition coefficient (Wildman–Crippen LogP) is 3.78. The number of carbonyl (C=O) groups excluding carboxylic acids is 2. The number of aliphatic carboxylic acids is 1. The average molecular weight is 481 g/mol. The zero-order valence-electron chi connectivity index (χ0n) is 20.3. The quantitative estimate of drug-likeness (QED) is 0.625. The summed E-state index contributed by atoms with van der Waals surface area (Å²) in [4.78, 5) is 38.6. The molecule has 0 bridgehead atoms. The van der Waals surface area contributed by atoms with E-state index in [0.717, 1.165) is 22.3 Å². The third kappa shape index (κ3) is 5.32. The molecule has 1 saturated heterocycles. The van der Waals surface area contributed by atoms with Gasteiger partial charge >= 0.3 is 12.1 Å². The van der Waals surface area contributed by atoms with Crippen LogP contribution in [0.5, 0.6) is 0 Å². The van der Waals surface area contributed by atoms with Crippen molar-refractivity contribution in [2.75, 3.05) is 19.8 Å². The van der Waals surface area contributed by atoms with Crippen LogP contribution in [0.1, 0.15) is 50.7 Å². The fourth-order valence-electron chi connectivity index (χ4n) is 4.91. The van der Waals surface area contributed by atoms with E-state index in [1.54, 1.807) is 0 Å². The minimum atomic E-state index is -0.979. The van der Waals surface area contributed by atoms with Gasteiger partial charge in [0.25, 0.3) is 5.91 Å². The zero-order valence-corrected chi connectivity index (χ0v) is 20.3. The molecule has 1 aliphatic carbocycles. The van der Waals surface area contributed by atoms with Gasteiger partial charge in [0.1, 0.15) is 6.61 Å². The highest BCUT2D eigenvalue weighted by molar-refractivity contribution is 5.84. The molecule has 0 spiro atoms. The molecule has 1 heterocycles. The molecule has 186 valence electrons. The van der Waals surface area contributed by atoms with Crippen LogP contribution in [0.3, 0.4) is 0 Å². The summed E-state index contributed by atoms with van der Waals surface area (Å²) in [5.41, 5.74) is 3.95. The molecule has 2 unspecified atom stereocenters. The van der Waals surface area contributed by atoms with E-state index in [0.29, 0.717) is 13.0 Å². The highest BCUT2D eigenvalue weighted by Gasteiger charge is 2.41. The average Bonchev–Trinajstić information content (AvgIpc) is 3.39. The zero-order chi connectivity index (χ0) is 25.2. The number of carbonyl (C=O) groups is 3. The Hall–Kier alpha value is -3.39. The first-order chi connectivity index (χ1) is 16.7. The summed E-state index contributed by atoms with van der Waals surface area (Å²) in [6.45, 7) is 6.09. The summed E-state index contributed by atoms with van der Waals surface area (Å²) in [6, 6.07) is 15.7. The molecule has 2 aromatic carbocycles. The molecule has 2 amide bonds. The standard InChI is InChI=1S/C27H32N2O6/c1-27(2,3)29(14-12-23(30)31)25(32)24-22(13-15-34-24)28-26(33)35-16-21-19-10-6-4-8-17(19)18-9-5-7-11-20(18)21/h4-11,21-22,24H,12-16H2,1-3H3,(H,28,33)(H,30,31). The Balaban J connectivity index is 1.40. The molecule has 2 aromatic rings. The first-order valence-corrected chi connectivity index (χ1v) is 11.9. The van der Waals surface area contributed by atoms with Crippen LogP contribution >= 0.6 is 0 Å². The van der Waals surface area contributed by atoms with Gasteiger partial charge < -0.3 is 24.8 Å². The van der Waals surface area contributed by atoms with Crippen molar-refractivity contribution in [3.8, 4) is 11.1 Å². The fourth-order valence-corrected chi connectivity index (χ4v) is 4.91. The predicted molar refractivity (Wildman–Crippen MR) is 130 cm³/mol.